The zero-order valence-electron chi connectivity index (χ0n) is 15.2. The molecule has 0 saturated heterocycles. The van der Waals surface area contributed by atoms with E-state index in [1.165, 1.54) is 0 Å². The Morgan fingerprint density at radius 2 is 2.07 bits per heavy atom. The van der Waals surface area contributed by atoms with Gasteiger partial charge in [0.15, 0.2) is 5.58 Å². The Labute approximate surface area is 156 Å². The van der Waals surface area contributed by atoms with Crippen molar-refractivity contribution in [2.24, 2.45) is 11.7 Å². The number of aryl methyl sites for hydroxylation is 1. The molecule has 0 aliphatic heterocycles. The number of aromatic nitrogens is 2. The van der Waals surface area contributed by atoms with E-state index in [4.69, 9.17) is 10.3 Å². The topological polar surface area (TPSA) is 115 Å². The van der Waals surface area contributed by atoms with Crippen molar-refractivity contribution in [1.29, 1.82) is 5.26 Å². The van der Waals surface area contributed by atoms with Gasteiger partial charge in [-0.25, -0.2) is 0 Å². The fourth-order valence-electron chi connectivity index (χ4n) is 3.41. The van der Waals surface area contributed by atoms with E-state index < -0.39 is 17.7 Å². The van der Waals surface area contributed by atoms with Crippen LogP contribution in [0.2, 0.25) is 0 Å². The molecule has 27 heavy (non-hydrogen) atoms. The number of carbonyl (C=O) groups excluding carboxylic acids is 1. The summed E-state index contributed by atoms with van der Waals surface area (Å²) in [6.07, 6.45) is 0.466. The standard InChI is InChI=1S/C20H20N4O3/c1-3-14(15(10-21)19(22)25)16-9-17-18(12(2)23-27-17)20(26)24(16)11-13-7-5-4-6-8-13/h4-9,14-15H,3,11H2,1-2H3,(H2,22,25). The Morgan fingerprint density at radius 3 is 2.67 bits per heavy atom. The van der Waals surface area contributed by atoms with E-state index in [0.717, 1.165) is 5.56 Å². The Balaban J connectivity index is 2.26. The van der Waals surface area contributed by atoms with Gasteiger partial charge < -0.3 is 14.8 Å². The van der Waals surface area contributed by atoms with Gasteiger partial charge in [-0.05, 0) is 18.9 Å². The number of amides is 1. The fourth-order valence-corrected chi connectivity index (χ4v) is 3.41. The van der Waals surface area contributed by atoms with Crippen molar-refractivity contribution >= 4 is 16.9 Å². The number of carbonyl (C=O) groups is 1. The minimum Gasteiger partial charge on any atom is -0.369 e. The number of rotatable bonds is 6. The second-order valence-corrected chi connectivity index (χ2v) is 6.48. The van der Waals surface area contributed by atoms with Gasteiger partial charge in [-0.1, -0.05) is 42.4 Å². The van der Waals surface area contributed by atoms with Crippen LogP contribution in [-0.4, -0.2) is 15.6 Å². The molecule has 2 heterocycles. The Hall–Kier alpha value is -3.40. The molecule has 0 bridgehead atoms. The van der Waals surface area contributed by atoms with Crippen molar-refractivity contribution in [3.05, 3.63) is 63.7 Å². The molecule has 2 N–H and O–H groups in total. The van der Waals surface area contributed by atoms with Gasteiger partial charge in [0.05, 0.1) is 18.3 Å². The number of benzene rings is 1. The van der Waals surface area contributed by atoms with Gasteiger partial charge in [-0.2, -0.15) is 5.26 Å². The number of fused-ring (bicyclic) bond motifs is 1. The number of hydrogen-bond donors (Lipinski definition) is 1. The van der Waals surface area contributed by atoms with Gasteiger partial charge in [0, 0.05) is 17.7 Å². The lowest BCUT2D eigenvalue weighted by Crippen LogP contribution is -2.32. The van der Waals surface area contributed by atoms with Gasteiger partial charge >= 0.3 is 0 Å². The summed E-state index contributed by atoms with van der Waals surface area (Å²) in [5.74, 6) is -2.28. The molecular weight excluding hydrogens is 344 g/mol. The first kappa shape index (κ1) is 18.4. The van der Waals surface area contributed by atoms with E-state index in [9.17, 15) is 14.9 Å². The maximum Gasteiger partial charge on any atom is 0.264 e. The summed E-state index contributed by atoms with van der Waals surface area (Å²) in [5.41, 5.74) is 7.49. The molecule has 1 aromatic carbocycles. The first-order valence-electron chi connectivity index (χ1n) is 8.70. The van der Waals surface area contributed by atoms with Gasteiger partial charge in [-0.15, -0.1) is 0 Å². The van der Waals surface area contributed by atoms with Gasteiger partial charge in [0.2, 0.25) is 5.91 Å². The lowest BCUT2D eigenvalue weighted by atomic mass is 9.86. The summed E-state index contributed by atoms with van der Waals surface area (Å²) >= 11 is 0. The molecule has 0 saturated carbocycles. The first-order valence-corrected chi connectivity index (χ1v) is 8.70. The molecular formula is C20H20N4O3. The van der Waals surface area contributed by atoms with Crippen molar-refractivity contribution < 1.29 is 9.32 Å². The van der Waals surface area contributed by atoms with E-state index in [1.807, 2.05) is 43.3 Å². The van der Waals surface area contributed by atoms with Crippen LogP contribution in [0.4, 0.5) is 0 Å². The molecule has 0 spiro atoms. The molecule has 0 radical (unpaired) electrons. The smallest absolute Gasteiger partial charge is 0.264 e. The third kappa shape index (κ3) is 3.34. The molecule has 138 valence electrons. The van der Waals surface area contributed by atoms with Crippen LogP contribution in [-0.2, 0) is 11.3 Å². The minimum atomic E-state index is -1.04. The Morgan fingerprint density at radius 1 is 1.37 bits per heavy atom. The van der Waals surface area contributed by atoms with E-state index in [1.54, 1.807) is 17.6 Å². The van der Waals surface area contributed by atoms with E-state index in [-0.39, 0.29) is 5.56 Å². The highest BCUT2D eigenvalue weighted by Gasteiger charge is 2.30. The minimum absolute atomic E-state index is 0.260. The number of nitrogens with two attached hydrogens (primary N) is 1. The highest BCUT2D eigenvalue weighted by atomic mass is 16.5. The molecule has 7 nitrogen and oxygen atoms in total. The highest BCUT2D eigenvalue weighted by molar-refractivity contribution is 5.81. The summed E-state index contributed by atoms with van der Waals surface area (Å²) in [7, 11) is 0. The molecule has 7 heteroatoms. The molecule has 1 amide bonds. The number of hydrogen-bond acceptors (Lipinski definition) is 5. The van der Waals surface area contributed by atoms with Gasteiger partial charge in [0.1, 0.15) is 11.3 Å². The van der Waals surface area contributed by atoms with E-state index in [0.29, 0.717) is 35.3 Å². The number of nitrogens with zero attached hydrogens (tertiary/aromatic N) is 3. The predicted octanol–water partition coefficient (Wildman–Crippen LogP) is 2.46. The average molecular weight is 364 g/mol. The maximum absolute atomic E-state index is 13.2. The predicted molar refractivity (Wildman–Crippen MR) is 99.9 cm³/mol. The molecule has 2 unspecified atom stereocenters. The number of primary amides is 1. The summed E-state index contributed by atoms with van der Waals surface area (Å²) in [6.45, 7) is 3.87. The fraction of sp³-hybridized carbons (Fsp3) is 0.300. The van der Waals surface area contributed by atoms with Crippen LogP contribution in [0.1, 0.15) is 36.2 Å². The summed E-state index contributed by atoms with van der Waals surface area (Å²) < 4.78 is 6.87. The molecule has 0 aliphatic rings. The normalized spacial score (nSPS) is 13.2. The van der Waals surface area contributed by atoms with Crippen LogP contribution >= 0.6 is 0 Å². The zero-order valence-corrected chi connectivity index (χ0v) is 15.2. The van der Waals surface area contributed by atoms with Gasteiger partial charge in [-0.3, -0.25) is 9.59 Å². The molecule has 3 rings (SSSR count). The van der Waals surface area contributed by atoms with Crippen LogP contribution in [0.25, 0.3) is 11.0 Å². The largest absolute Gasteiger partial charge is 0.369 e. The van der Waals surface area contributed by atoms with Crippen LogP contribution in [0.15, 0.2) is 45.7 Å². The molecule has 0 fully saturated rings. The summed E-state index contributed by atoms with van der Waals surface area (Å²) in [4.78, 5) is 25.0. The van der Waals surface area contributed by atoms with Crippen molar-refractivity contribution in [1.82, 2.24) is 9.72 Å². The highest BCUT2D eigenvalue weighted by Crippen LogP contribution is 2.30. The van der Waals surface area contributed by atoms with Crippen LogP contribution in [0.5, 0.6) is 0 Å². The van der Waals surface area contributed by atoms with Crippen LogP contribution in [0, 0.1) is 24.2 Å². The van der Waals surface area contributed by atoms with Crippen molar-refractivity contribution in [2.45, 2.75) is 32.7 Å². The zero-order chi connectivity index (χ0) is 19.6. The van der Waals surface area contributed by atoms with Crippen LogP contribution < -0.4 is 11.3 Å². The third-order valence-electron chi connectivity index (χ3n) is 4.79. The summed E-state index contributed by atoms with van der Waals surface area (Å²) in [5, 5.41) is 13.7. The van der Waals surface area contributed by atoms with Crippen molar-refractivity contribution in [3.8, 4) is 6.07 Å². The molecule has 3 aromatic rings. The Bertz CT molecular complexity index is 1080. The monoisotopic (exact) mass is 364 g/mol. The first-order chi connectivity index (χ1) is 13.0. The molecule has 2 aromatic heterocycles. The Kier molecular flexibility index (Phi) is 5.08. The summed E-state index contributed by atoms with van der Waals surface area (Å²) in [6, 6.07) is 13.2. The average Bonchev–Trinajstić information content (AvgIpc) is 3.03. The van der Waals surface area contributed by atoms with Crippen molar-refractivity contribution in [2.75, 3.05) is 0 Å². The van der Waals surface area contributed by atoms with Crippen molar-refractivity contribution in [3.63, 3.8) is 0 Å². The number of nitriles is 1. The third-order valence-corrected chi connectivity index (χ3v) is 4.79. The second kappa shape index (κ2) is 7.46. The van der Waals surface area contributed by atoms with E-state index >= 15 is 0 Å². The number of pyridine rings is 1. The maximum atomic E-state index is 13.2. The molecule has 0 aliphatic carbocycles. The van der Waals surface area contributed by atoms with Gasteiger partial charge in [0.25, 0.3) is 5.56 Å². The second-order valence-electron chi connectivity index (χ2n) is 6.48. The SMILES string of the molecule is CCC(c1cc2onc(C)c2c(=O)n1Cc1ccccc1)C(C#N)C(N)=O. The van der Waals surface area contributed by atoms with Crippen LogP contribution in [0.3, 0.4) is 0 Å². The molecule has 2 atom stereocenters. The lowest BCUT2D eigenvalue weighted by molar-refractivity contribution is -0.120. The lowest BCUT2D eigenvalue weighted by Gasteiger charge is -2.23. The van der Waals surface area contributed by atoms with E-state index in [2.05, 4.69) is 5.16 Å². The quantitative estimate of drug-likeness (QED) is 0.721.